The summed E-state index contributed by atoms with van der Waals surface area (Å²) in [5, 5.41) is 8.66. The summed E-state index contributed by atoms with van der Waals surface area (Å²) in [4.78, 5) is 20.1. The van der Waals surface area contributed by atoms with Crippen LogP contribution in [0.15, 0.2) is 23.8 Å². The number of aliphatic hydroxyl groups excluding tert-OH is 1. The van der Waals surface area contributed by atoms with E-state index in [4.69, 9.17) is 5.11 Å². The number of aliphatic hydroxyl groups is 1. The van der Waals surface area contributed by atoms with Gasteiger partial charge in [-0.25, -0.2) is 9.59 Å². The lowest BCUT2D eigenvalue weighted by Crippen LogP contribution is -2.07. The Bertz CT molecular complexity index is 302. The molecule has 0 saturated heterocycles. The van der Waals surface area contributed by atoms with Gasteiger partial charge in [0.25, 0.3) is 0 Å². The van der Waals surface area contributed by atoms with E-state index in [9.17, 15) is 9.59 Å². The molecule has 0 bridgehead atoms. The molecule has 2 aliphatic heterocycles. The van der Waals surface area contributed by atoms with Gasteiger partial charge in [-0.2, -0.15) is 0 Å². The number of hydrogen-bond acceptors (Lipinski definition) is 5. The first-order chi connectivity index (χ1) is 6.59. The van der Waals surface area contributed by atoms with Crippen LogP contribution >= 0.6 is 0 Å². The smallest absolute Gasteiger partial charge is 0.333 e. The molecule has 0 aliphatic carbocycles. The molecule has 2 rings (SSSR count). The second-order valence-corrected chi connectivity index (χ2v) is 2.71. The Balaban J connectivity index is 0.000000146. The summed E-state index contributed by atoms with van der Waals surface area (Å²) < 4.78 is 8.70. The molecule has 14 heavy (non-hydrogen) atoms. The fourth-order valence-electron chi connectivity index (χ4n) is 0.817. The molecule has 0 spiro atoms. The van der Waals surface area contributed by atoms with Gasteiger partial charge in [-0.3, -0.25) is 0 Å². The van der Waals surface area contributed by atoms with Gasteiger partial charge in [-0.05, 0) is 13.0 Å². The summed E-state index contributed by atoms with van der Waals surface area (Å²) in [7, 11) is 0. The number of hydrogen-bond donors (Lipinski definition) is 1. The van der Waals surface area contributed by atoms with Gasteiger partial charge in [-0.1, -0.05) is 0 Å². The first kappa shape index (κ1) is 10.5. The number of ether oxygens (including phenoxy) is 2. The predicted molar refractivity (Wildman–Crippen MR) is 46.0 cm³/mol. The van der Waals surface area contributed by atoms with Crippen molar-refractivity contribution in [2.45, 2.75) is 13.2 Å². The molecule has 2 heterocycles. The van der Waals surface area contributed by atoms with Crippen molar-refractivity contribution in [1.82, 2.24) is 0 Å². The Morgan fingerprint density at radius 3 is 2.29 bits per heavy atom. The number of cyclic esters (lactones) is 2. The fraction of sp³-hybridized carbons (Fsp3) is 0.333. The molecule has 76 valence electrons. The van der Waals surface area contributed by atoms with Crippen molar-refractivity contribution in [2.75, 3.05) is 6.61 Å². The monoisotopic (exact) mass is 198 g/mol. The van der Waals surface area contributed by atoms with Crippen molar-refractivity contribution < 1.29 is 24.2 Å². The summed E-state index contributed by atoms with van der Waals surface area (Å²) in [6.45, 7) is 2.09. The first-order valence-electron chi connectivity index (χ1n) is 4.00. The molecule has 5 nitrogen and oxygen atoms in total. The zero-order chi connectivity index (χ0) is 10.6. The van der Waals surface area contributed by atoms with E-state index >= 15 is 0 Å². The largest absolute Gasteiger partial charge is 0.458 e. The summed E-state index contributed by atoms with van der Waals surface area (Å²) in [6.07, 6.45) is 3.37. The van der Waals surface area contributed by atoms with Crippen LogP contribution in [0.3, 0.4) is 0 Å². The fourth-order valence-corrected chi connectivity index (χ4v) is 0.817. The Morgan fingerprint density at radius 1 is 1.43 bits per heavy atom. The van der Waals surface area contributed by atoms with Crippen LogP contribution in [0.5, 0.6) is 0 Å². The van der Waals surface area contributed by atoms with Crippen molar-refractivity contribution in [3.05, 3.63) is 23.8 Å². The second-order valence-electron chi connectivity index (χ2n) is 2.71. The maximum Gasteiger partial charge on any atom is 0.333 e. The summed E-state index contributed by atoms with van der Waals surface area (Å²) in [6, 6.07) is 0. The van der Waals surface area contributed by atoms with Crippen LogP contribution in [0.2, 0.25) is 0 Å². The maximum atomic E-state index is 10.2. The minimum Gasteiger partial charge on any atom is -0.458 e. The number of carbonyl (C=O) groups is 2. The molecule has 0 amide bonds. The van der Waals surface area contributed by atoms with Crippen LogP contribution in [0.25, 0.3) is 0 Å². The highest BCUT2D eigenvalue weighted by Crippen LogP contribution is 2.10. The second kappa shape index (κ2) is 4.57. The van der Waals surface area contributed by atoms with Gasteiger partial charge >= 0.3 is 11.9 Å². The third kappa shape index (κ3) is 3.02. The topological polar surface area (TPSA) is 72.8 Å². The average Bonchev–Trinajstić information content (AvgIpc) is 2.65. The molecule has 5 heteroatoms. The molecule has 2 aliphatic rings. The van der Waals surface area contributed by atoms with Gasteiger partial charge < -0.3 is 14.6 Å². The van der Waals surface area contributed by atoms with Crippen molar-refractivity contribution in [3.8, 4) is 0 Å². The molecule has 0 saturated carbocycles. The van der Waals surface area contributed by atoms with E-state index in [1.807, 2.05) is 0 Å². The molecular weight excluding hydrogens is 188 g/mol. The molecule has 0 aromatic heterocycles. The predicted octanol–water partition coefficient (Wildman–Crippen LogP) is -0.0927. The normalized spacial score (nSPS) is 23.6. The summed E-state index contributed by atoms with van der Waals surface area (Å²) >= 11 is 0. The van der Waals surface area contributed by atoms with E-state index in [1.165, 1.54) is 12.2 Å². The molecule has 0 radical (unpaired) electrons. The van der Waals surface area contributed by atoms with Crippen molar-refractivity contribution >= 4 is 11.9 Å². The van der Waals surface area contributed by atoms with Crippen molar-refractivity contribution in [2.24, 2.45) is 0 Å². The number of carbonyl (C=O) groups excluding carboxylic acids is 2. The lowest BCUT2D eigenvalue weighted by atomic mass is 10.3. The molecule has 1 N–H and O–H groups in total. The Hall–Kier alpha value is -1.62. The highest BCUT2D eigenvalue weighted by Gasteiger charge is 2.18. The van der Waals surface area contributed by atoms with Gasteiger partial charge in [0.15, 0.2) is 0 Å². The van der Waals surface area contributed by atoms with E-state index in [0.717, 1.165) is 0 Å². The minimum atomic E-state index is -0.998. The maximum absolute atomic E-state index is 10.2. The van der Waals surface area contributed by atoms with Gasteiger partial charge in [0.2, 0.25) is 6.29 Å². The lowest BCUT2D eigenvalue weighted by molar-refractivity contribution is -0.151. The summed E-state index contributed by atoms with van der Waals surface area (Å²) in [5.74, 6) is -0.690. The van der Waals surface area contributed by atoms with Gasteiger partial charge in [0.1, 0.15) is 6.61 Å². The summed E-state index contributed by atoms with van der Waals surface area (Å²) in [5.41, 5.74) is 0.565. The molecule has 1 atom stereocenters. The quantitative estimate of drug-likeness (QED) is 0.550. The molecule has 0 fully saturated rings. The third-order valence-corrected chi connectivity index (χ3v) is 1.54. The first-order valence-corrected chi connectivity index (χ1v) is 4.00. The Morgan fingerprint density at radius 2 is 2.14 bits per heavy atom. The van der Waals surface area contributed by atoms with Crippen LogP contribution in [-0.4, -0.2) is 29.9 Å². The molecule has 0 aromatic rings. The van der Waals surface area contributed by atoms with Crippen LogP contribution in [-0.2, 0) is 19.1 Å². The van der Waals surface area contributed by atoms with E-state index in [1.54, 1.807) is 13.0 Å². The standard InChI is InChI=1S/C5H6O3.C4H4O2/c1-3-2-4(6)8-5(3)7;5-4-2-1-3-6-4/h2,5,7H,1H3;1-2H,3H2. The zero-order valence-electron chi connectivity index (χ0n) is 7.60. The van der Waals surface area contributed by atoms with E-state index < -0.39 is 12.3 Å². The Kier molecular flexibility index (Phi) is 3.41. The minimum absolute atomic E-state index is 0.227. The van der Waals surface area contributed by atoms with E-state index in [0.29, 0.717) is 12.2 Å². The molecule has 1 unspecified atom stereocenters. The SMILES string of the molecule is CC1=CC(=O)OC1O.O=C1C=CCO1. The third-order valence-electron chi connectivity index (χ3n) is 1.54. The van der Waals surface area contributed by atoms with E-state index in [2.05, 4.69) is 9.47 Å². The highest BCUT2D eigenvalue weighted by atomic mass is 16.6. The number of rotatable bonds is 0. The van der Waals surface area contributed by atoms with Crippen LogP contribution in [0.1, 0.15) is 6.92 Å². The van der Waals surface area contributed by atoms with Crippen LogP contribution in [0, 0.1) is 0 Å². The number of esters is 2. The molecule has 0 aromatic carbocycles. The van der Waals surface area contributed by atoms with Gasteiger partial charge in [0, 0.05) is 17.7 Å². The molecular formula is C9H10O5. The highest BCUT2D eigenvalue weighted by molar-refractivity contribution is 5.85. The zero-order valence-corrected chi connectivity index (χ0v) is 7.60. The average molecular weight is 198 g/mol. The van der Waals surface area contributed by atoms with Crippen LogP contribution < -0.4 is 0 Å². The van der Waals surface area contributed by atoms with Crippen molar-refractivity contribution in [3.63, 3.8) is 0 Å². The van der Waals surface area contributed by atoms with Gasteiger partial charge in [-0.15, -0.1) is 0 Å². The van der Waals surface area contributed by atoms with E-state index in [-0.39, 0.29) is 5.97 Å². The van der Waals surface area contributed by atoms with Gasteiger partial charge in [0.05, 0.1) is 0 Å². The van der Waals surface area contributed by atoms with Crippen LogP contribution in [0.4, 0.5) is 0 Å². The van der Waals surface area contributed by atoms with Crippen molar-refractivity contribution in [1.29, 1.82) is 0 Å². The lowest BCUT2D eigenvalue weighted by Gasteiger charge is -1.99. The Labute approximate surface area is 80.6 Å².